The lowest BCUT2D eigenvalue weighted by atomic mass is 10.1. The van der Waals surface area contributed by atoms with Gasteiger partial charge in [0.2, 0.25) is 0 Å². The number of benzene rings is 2. The van der Waals surface area contributed by atoms with Crippen molar-refractivity contribution in [2.24, 2.45) is 0 Å². The second kappa shape index (κ2) is 6.00. The average Bonchev–Trinajstić information content (AvgIpc) is 2.42. The zero-order valence-electron chi connectivity index (χ0n) is 11.8. The predicted molar refractivity (Wildman–Crippen MR) is 83.8 cm³/mol. The summed E-state index contributed by atoms with van der Waals surface area (Å²) in [5.74, 6) is -0.984. The van der Waals surface area contributed by atoms with E-state index in [1.54, 1.807) is 24.3 Å². The topological polar surface area (TPSA) is 51.2 Å². The third-order valence-electron chi connectivity index (χ3n) is 3.32. The molecule has 0 aliphatic rings. The molecule has 0 radical (unpaired) electrons. The van der Waals surface area contributed by atoms with E-state index in [0.717, 1.165) is 11.1 Å². The maximum absolute atomic E-state index is 12.3. The molecule has 0 aliphatic heterocycles. The van der Waals surface area contributed by atoms with E-state index in [1.807, 2.05) is 13.8 Å². The van der Waals surface area contributed by atoms with Gasteiger partial charge in [0.15, 0.2) is 15.6 Å². The number of hydrogen-bond donors (Lipinski definition) is 0. The zero-order valence-corrected chi connectivity index (χ0v) is 13.3. The Hall–Kier alpha value is -1.65. The van der Waals surface area contributed by atoms with Gasteiger partial charge in [0.1, 0.15) is 5.75 Å². The molecular weight excluding hydrogens is 308 g/mol. The maximum Gasteiger partial charge on any atom is 0.185 e. The molecule has 0 fully saturated rings. The average molecular weight is 323 g/mol. The summed E-state index contributed by atoms with van der Waals surface area (Å²) < 4.78 is 24.6. The Morgan fingerprint density at radius 1 is 1.00 bits per heavy atom. The molecule has 0 atom stereocenters. The number of sulfone groups is 1. The Morgan fingerprint density at radius 3 is 2.19 bits per heavy atom. The van der Waals surface area contributed by atoms with Gasteiger partial charge in [-0.25, -0.2) is 8.42 Å². The summed E-state index contributed by atoms with van der Waals surface area (Å²) in [6, 6.07) is 11.1. The Balaban J connectivity index is 2.26. The lowest BCUT2D eigenvalue weighted by Gasteiger charge is -2.07. The molecule has 3 nitrogen and oxygen atoms in total. The lowest BCUT2D eigenvalue weighted by Crippen LogP contribution is -2.16. The first-order valence-corrected chi connectivity index (χ1v) is 8.41. The number of hydrogen-bond acceptors (Lipinski definition) is 3. The third-order valence-corrected chi connectivity index (χ3v) is 5.19. The van der Waals surface area contributed by atoms with Crippen LogP contribution in [0.4, 0.5) is 0 Å². The first-order chi connectivity index (χ1) is 9.79. The molecule has 0 heterocycles. The van der Waals surface area contributed by atoms with E-state index in [1.165, 1.54) is 18.2 Å². The van der Waals surface area contributed by atoms with Gasteiger partial charge in [-0.15, -0.1) is 0 Å². The molecule has 0 saturated heterocycles. The minimum atomic E-state index is -3.64. The van der Waals surface area contributed by atoms with Crippen molar-refractivity contribution in [2.45, 2.75) is 18.7 Å². The number of carbonyl (C=O) groups excluding carboxylic acids is 1. The predicted octanol–water partition coefficient (Wildman–Crippen LogP) is 3.61. The largest absolute Gasteiger partial charge is 0.293 e. The van der Waals surface area contributed by atoms with Crippen LogP contribution in [0.3, 0.4) is 0 Å². The minimum Gasteiger partial charge on any atom is -0.293 e. The van der Waals surface area contributed by atoms with Crippen LogP contribution >= 0.6 is 11.6 Å². The van der Waals surface area contributed by atoms with Gasteiger partial charge in [-0.05, 0) is 61.4 Å². The van der Waals surface area contributed by atoms with Crippen molar-refractivity contribution >= 4 is 27.2 Å². The van der Waals surface area contributed by atoms with E-state index in [9.17, 15) is 13.2 Å². The first-order valence-electron chi connectivity index (χ1n) is 6.38. The van der Waals surface area contributed by atoms with Gasteiger partial charge < -0.3 is 0 Å². The molecule has 0 amide bonds. The van der Waals surface area contributed by atoms with Gasteiger partial charge in [-0.2, -0.15) is 0 Å². The van der Waals surface area contributed by atoms with Crippen molar-refractivity contribution in [2.75, 3.05) is 5.75 Å². The molecule has 0 bridgehead atoms. The number of halogens is 1. The summed E-state index contributed by atoms with van der Waals surface area (Å²) in [6.07, 6.45) is 0. The molecule has 0 saturated carbocycles. The minimum absolute atomic E-state index is 0.174. The van der Waals surface area contributed by atoms with Crippen molar-refractivity contribution in [3.05, 3.63) is 64.2 Å². The SMILES string of the molecule is Cc1ccc(S(=O)(=O)CC(=O)c2ccc(Cl)cc2)cc1C. The van der Waals surface area contributed by atoms with Crippen LogP contribution in [-0.2, 0) is 9.84 Å². The highest BCUT2D eigenvalue weighted by molar-refractivity contribution is 7.92. The van der Waals surface area contributed by atoms with Crippen molar-refractivity contribution in [3.8, 4) is 0 Å². The van der Waals surface area contributed by atoms with E-state index in [0.29, 0.717) is 10.6 Å². The highest BCUT2D eigenvalue weighted by atomic mass is 35.5. The standard InChI is InChI=1S/C16H15ClO3S/c1-11-3-8-15(9-12(11)2)21(19,20)10-16(18)13-4-6-14(17)7-5-13/h3-9H,10H2,1-2H3. The van der Waals surface area contributed by atoms with E-state index >= 15 is 0 Å². The van der Waals surface area contributed by atoms with Crippen LogP contribution < -0.4 is 0 Å². The lowest BCUT2D eigenvalue weighted by molar-refractivity contribution is 0.102. The normalized spacial score (nSPS) is 11.4. The molecule has 0 spiro atoms. The molecular formula is C16H15ClO3S. The van der Waals surface area contributed by atoms with Gasteiger partial charge in [-0.1, -0.05) is 17.7 Å². The van der Waals surface area contributed by atoms with Crippen LogP contribution in [0.15, 0.2) is 47.4 Å². The number of Topliss-reactive ketones (excluding diaryl/α,β-unsaturated/α-hetero) is 1. The fourth-order valence-electron chi connectivity index (χ4n) is 1.88. The quantitative estimate of drug-likeness (QED) is 0.808. The summed E-state index contributed by atoms with van der Waals surface area (Å²) in [7, 11) is -3.64. The second-order valence-electron chi connectivity index (χ2n) is 4.94. The second-order valence-corrected chi connectivity index (χ2v) is 7.36. The van der Waals surface area contributed by atoms with Crippen LogP contribution in [0, 0.1) is 13.8 Å². The van der Waals surface area contributed by atoms with Crippen molar-refractivity contribution in [1.29, 1.82) is 0 Å². The summed E-state index contributed by atoms with van der Waals surface area (Å²) in [4.78, 5) is 12.2. The molecule has 110 valence electrons. The van der Waals surface area contributed by atoms with Gasteiger partial charge in [-0.3, -0.25) is 4.79 Å². The Labute approximate surface area is 129 Å². The van der Waals surface area contributed by atoms with Crippen molar-refractivity contribution in [3.63, 3.8) is 0 Å². The smallest absolute Gasteiger partial charge is 0.185 e. The van der Waals surface area contributed by atoms with Crippen LogP contribution in [0.25, 0.3) is 0 Å². The van der Waals surface area contributed by atoms with Crippen LogP contribution in [0.5, 0.6) is 0 Å². The van der Waals surface area contributed by atoms with E-state index in [2.05, 4.69) is 0 Å². The van der Waals surface area contributed by atoms with E-state index < -0.39 is 21.4 Å². The van der Waals surface area contributed by atoms with Gasteiger partial charge in [0.25, 0.3) is 0 Å². The van der Waals surface area contributed by atoms with Gasteiger partial charge >= 0.3 is 0 Å². The fraction of sp³-hybridized carbons (Fsp3) is 0.188. The maximum atomic E-state index is 12.3. The monoisotopic (exact) mass is 322 g/mol. The third kappa shape index (κ3) is 3.71. The van der Waals surface area contributed by atoms with Gasteiger partial charge in [0, 0.05) is 10.6 Å². The Bertz CT molecular complexity index is 778. The number of ketones is 1. The highest BCUT2D eigenvalue weighted by Crippen LogP contribution is 2.18. The molecule has 2 rings (SSSR count). The summed E-state index contributed by atoms with van der Waals surface area (Å²) >= 11 is 5.75. The molecule has 2 aromatic carbocycles. The molecule has 0 N–H and O–H groups in total. The molecule has 5 heteroatoms. The molecule has 0 aromatic heterocycles. The fourth-order valence-corrected chi connectivity index (χ4v) is 3.32. The molecule has 2 aromatic rings. The zero-order chi connectivity index (χ0) is 15.6. The molecule has 0 aliphatic carbocycles. The summed E-state index contributed by atoms with van der Waals surface area (Å²) in [5, 5.41) is 0.503. The van der Waals surface area contributed by atoms with Crippen molar-refractivity contribution in [1.82, 2.24) is 0 Å². The molecule has 0 unspecified atom stereocenters. The highest BCUT2D eigenvalue weighted by Gasteiger charge is 2.20. The number of aryl methyl sites for hydroxylation is 2. The van der Waals surface area contributed by atoms with E-state index in [-0.39, 0.29) is 4.90 Å². The van der Waals surface area contributed by atoms with Crippen LogP contribution in [-0.4, -0.2) is 20.0 Å². The Kier molecular flexibility index (Phi) is 4.49. The summed E-state index contributed by atoms with van der Waals surface area (Å²) in [6.45, 7) is 3.75. The number of rotatable bonds is 4. The van der Waals surface area contributed by atoms with Gasteiger partial charge in [0.05, 0.1) is 4.90 Å². The molecule has 21 heavy (non-hydrogen) atoms. The van der Waals surface area contributed by atoms with E-state index in [4.69, 9.17) is 11.6 Å². The van der Waals surface area contributed by atoms with Crippen LogP contribution in [0.2, 0.25) is 5.02 Å². The first kappa shape index (κ1) is 15.7. The van der Waals surface area contributed by atoms with Crippen LogP contribution in [0.1, 0.15) is 21.5 Å². The Morgan fingerprint density at radius 2 is 1.62 bits per heavy atom. The summed E-state index contributed by atoms with van der Waals surface area (Å²) in [5.41, 5.74) is 2.24. The number of carbonyl (C=O) groups is 1. The van der Waals surface area contributed by atoms with Crippen molar-refractivity contribution < 1.29 is 13.2 Å².